The minimum absolute atomic E-state index is 0.0554. The Bertz CT molecular complexity index is 1100. The molecule has 0 radical (unpaired) electrons. The van der Waals surface area contributed by atoms with Gasteiger partial charge in [0.15, 0.2) is 6.61 Å². The summed E-state index contributed by atoms with van der Waals surface area (Å²) < 4.78 is 13.4. The molecule has 1 aromatic heterocycles. The van der Waals surface area contributed by atoms with Gasteiger partial charge in [-0.1, -0.05) is 30.3 Å². The summed E-state index contributed by atoms with van der Waals surface area (Å²) in [7, 11) is 1.60. The zero-order valence-corrected chi connectivity index (χ0v) is 16.4. The molecule has 0 fully saturated rings. The molecule has 1 aliphatic rings. The molecular weight excluding hydrogens is 366 g/mol. The molecule has 4 rings (SSSR count). The van der Waals surface area contributed by atoms with Gasteiger partial charge in [0.1, 0.15) is 17.6 Å². The number of carbonyl (C=O) groups is 1. The molecule has 1 atom stereocenters. The van der Waals surface area contributed by atoms with E-state index >= 15 is 0 Å². The van der Waals surface area contributed by atoms with Crippen LogP contribution in [0.25, 0.3) is 10.9 Å². The summed E-state index contributed by atoms with van der Waals surface area (Å²) in [5.41, 5.74) is 9.89. The molecule has 6 nitrogen and oxygen atoms in total. The van der Waals surface area contributed by atoms with Crippen LogP contribution in [0.4, 0.5) is 0 Å². The molecule has 0 bridgehead atoms. The number of amides is 1. The van der Waals surface area contributed by atoms with Crippen LogP contribution in [0.15, 0.2) is 42.5 Å². The van der Waals surface area contributed by atoms with E-state index in [9.17, 15) is 4.79 Å². The highest BCUT2D eigenvalue weighted by molar-refractivity contribution is 5.95. The van der Waals surface area contributed by atoms with Gasteiger partial charge in [-0.2, -0.15) is 5.26 Å². The molecule has 1 heterocycles. The molecule has 1 unspecified atom stereocenters. The number of primary amides is 1. The van der Waals surface area contributed by atoms with Crippen LogP contribution in [0.1, 0.15) is 35.6 Å². The number of ether oxygens (including phenoxy) is 2. The molecule has 6 heteroatoms. The van der Waals surface area contributed by atoms with E-state index in [0.29, 0.717) is 18.0 Å². The molecule has 0 saturated carbocycles. The van der Waals surface area contributed by atoms with Gasteiger partial charge in [0.2, 0.25) is 5.91 Å². The summed E-state index contributed by atoms with van der Waals surface area (Å²) in [4.78, 5) is 12.3. The van der Waals surface area contributed by atoms with E-state index in [0.717, 1.165) is 47.0 Å². The number of aryl methyl sites for hydroxylation is 1. The van der Waals surface area contributed by atoms with Gasteiger partial charge in [-0.25, -0.2) is 0 Å². The number of nitrogens with zero attached hydrogens (tertiary/aromatic N) is 2. The van der Waals surface area contributed by atoms with Gasteiger partial charge in [0.25, 0.3) is 0 Å². The van der Waals surface area contributed by atoms with E-state index in [4.69, 9.17) is 20.5 Å². The van der Waals surface area contributed by atoms with Crippen molar-refractivity contribution in [2.24, 2.45) is 5.73 Å². The van der Waals surface area contributed by atoms with Crippen molar-refractivity contribution >= 4 is 16.8 Å². The molecule has 0 spiro atoms. The molecule has 0 aliphatic heterocycles. The lowest BCUT2D eigenvalue weighted by molar-refractivity contribution is -0.119. The number of rotatable bonds is 6. The lowest BCUT2D eigenvalue weighted by atomic mass is 9.86. The number of hydrogen-bond acceptors (Lipinski definition) is 4. The third kappa shape index (κ3) is 3.40. The van der Waals surface area contributed by atoms with Crippen LogP contribution in [0.3, 0.4) is 0 Å². The Labute approximate surface area is 169 Å². The van der Waals surface area contributed by atoms with Crippen LogP contribution in [0, 0.1) is 11.3 Å². The van der Waals surface area contributed by atoms with Crippen LogP contribution in [-0.2, 0) is 17.8 Å². The second-order valence-electron chi connectivity index (χ2n) is 7.25. The Balaban J connectivity index is 2.01. The van der Waals surface area contributed by atoms with Crippen molar-refractivity contribution < 1.29 is 14.3 Å². The Morgan fingerprint density at radius 3 is 2.79 bits per heavy atom. The Hall–Kier alpha value is -3.46. The third-order valence-corrected chi connectivity index (χ3v) is 5.55. The zero-order valence-electron chi connectivity index (χ0n) is 16.4. The Kier molecular flexibility index (Phi) is 5.13. The van der Waals surface area contributed by atoms with Crippen molar-refractivity contribution in [2.45, 2.75) is 31.7 Å². The summed E-state index contributed by atoms with van der Waals surface area (Å²) in [6, 6.07) is 15.9. The van der Waals surface area contributed by atoms with Gasteiger partial charge in [-0.3, -0.25) is 4.79 Å². The van der Waals surface area contributed by atoms with Crippen LogP contribution in [0.2, 0.25) is 0 Å². The average molecular weight is 389 g/mol. The fourth-order valence-corrected chi connectivity index (χ4v) is 4.34. The van der Waals surface area contributed by atoms with Crippen LogP contribution in [-0.4, -0.2) is 24.2 Å². The van der Waals surface area contributed by atoms with E-state index < -0.39 is 0 Å². The highest BCUT2D eigenvalue weighted by atomic mass is 16.5. The summed E-state index contributed by atoms with van der Waals surface area (Å²) >= 11 is 0. The Morgan fingerprint density at radius 1 is 1.31 bits per heavy atom. The minimum atomic E-state index is -0.343. The number of carbonyl (C=O) groups excluding carboxylic acids is 1. The maximum atomic E-state index is 12.3. The second-order valence-corrected chi connectivity index (χ2v) is 7.25. The van der Waals surface area contributed by atoms with Crippen LogP contribution >= 0.6 is 0 Å². The number of nitrogens with two attached hydrogens (primary N) is 1. The molecule has 2 aromatic carbocycles. The first-order valence-corrected chi connectivity index (χ1v) is 9.70. The summed E-state index contributed by atoms with van der Waals surface area (Å²) in [6.07, 6.45) is 2.46. The lowest BCUT2D eigenvalue weighted by Gasteiger charge is -2.23. The van der Waals surface area contributed by atoms with Crippen molar-refractivity contribution in [3.8, 4) is 17.6 Å². The van der Waals surface area contributed by atoms with E-state index in [1.807, 2.05) is 30.3 Å². The van der Waals surface area contributed by atoms with Gasteiger partial charge in [0, 0.05) is 29.8 Å². The van der Waals surface area contributed by atoms with Gasteiger partial charge in [-0.15, -0.1) is 0 Å². The number of nitriles is 1. The van der Waals surface area contributed by atoms with Crippen LogP contribution < -0.4 is 15.2 Å². The summed E-state index contributed by atoms with van der Waals surface area (Å²) in [5, 5.41) is 9.95. The molecular formula is C23H23N3O3. The smallest absolute Gasteiger partial charge is 0.226 e. The van der Waals surface area contributed by atoms with Gasteiger partial charge in [-0.05, 0) is 30.4 Å². The van der Waals surface area contributed by atoms with E-state index in [1.165, 1.54) is 0 Å². The Morgan fingerprint density at radius 2 is 2.10 bits per heavy atom. The summed E-state index contributed by atoms with van der Waals surface area (Å²) in [6.45, 7) is 0.557. The zero-order chi connectivity index (χ0) is 20.4. The number of fused-ring (bicyclic) bond motifs is 3. The van der Waals surface area contributed by atoms with Crippen molar-refractivity contribution in [3.63, 3.8) is 0 Å². The van der Waals surface area contributed by atoms with E-state index in [2.05, 4.69) is 16.7 Å². The van der Waals surface area contributed by atoms with Gasteiger partial charge < -0.3 is 19.8 Å². The average Bonchev–Trinajstić information content (AvgIpc) is 3.06. The fraction of sp³-hybridized carbons (Fsp3) is 0.304. The molecule has 2 N–H and O–H groups in total. The highest BCUT2D eigenvalue weighted by Gasteiger charge is 2.32. The first-order valence-electron chi connectivity index (χ1n) is 9.70. The van der Waals surface area contributed by atoms with Crippen molar-refractivity contribution in [1.29, 1.82) is 5.26 Å². The third-order valence-electron chi connectivity index (χ3n) is 5.55. The molecule has 29 heavy (non-hydrogen) atoms. The van der Waals surface area contributed by atoms with Crippen molar-refractivity contribution in [1.82, 2.24) is 4.57 Å². The summed E-state index contributed by atoms with van der Waals surface area (Å²) in [5.74, 6) is 0.596. The fourth-order valence-electron chi connectivity index (χ4n) is 4.34. The van der Waals surface area contributed by atoms with E-state index in [-0.39, 0.29) is 18.4 Å². The number of methoxy groups -OCH3 is 1. The molecule has 3 aromatic rings. The van der Waals surface area contributed by atoms with Gasteiger partial charge >= 0.3 is 0 Å². The highest BCUT2D eigenvalue weighted by Crippen LogP contribution is 2.44. The largest absolute Gasteiger partial charge is 0.497 e. The minimum Gasteiger partial charge on any atom is -0.497 e. The maximum Gasteiger partial charge on any atom is 0.226 e. The second kappa shape index (κ2) is 7.88. The monoisotopic (exact) mass is 389 g/mol. The predicted octanol–water partition coefficient (Wildman–Crippen LogP) is 3.51. The first-order chi connectivity index (χ1) is 14.1. The standard InChI is InChI=1S/C23H23N3O3/c1-28-16-12-19-21(20(13-16)29-11-10-24)17-8-5-9-18(23(25)27)22(17)26(19)14-15-6-3-2-4-7-15/h2-4,6-7,12-13,18H,5,8-9,11,14H2,1H3,(H2,25,27). The number of hydrogen-bond donors (Lipinski definition) is 1. The number of aromatic nitrogens is 1. The van der Waals surface area contributed by atoms with Crippen LogP contribution in [0.5, 0.6) is 11.5 Å². The van der Waals surface area contributed by atoms with Crippen molar-refractivity contribution in [3.05, 3.63) is 59.3 Å². The molecule has 148 valence electrons. The quantitative estimate of drug-likeness (QED) is 0.698. The van der Waals surface area contributed by atoms with E-state index in [1.54, 1.807) is 13.2 Å². The lowest BCUT2D eigenvalue weighted by Crippen LogP contribution is -2.27. The number of benzene rings is 2. The molecule has 1 amide bonds. The van der Waals surface area contributed by atoms with Crippen molar-refractivity contribution in [2.75, 3.05) is 13.7 Å². The topological polar surface area (TPSA) is 90.3 Å². The molecule has 1 aliphatic carbocycles. The maximum absolute atomic E-state index is 12.3. The SMILES string of the molecule is COc1cc(OCC#N)c2c3c(n(Cc4ccccc4)c2c1)C(C(N)=O)CCC3. The predicted molar refractivity (Wildman–Crippen MR) is 110 cm³/mol. The normalized spacial score (nSPS) is 15.5. The van der Waals surface area contributed by atoms with Gasteiger partial charge in [0.05, 0.1) is 18.5 Å². The molecule has 0 saturated heterocycles. The first kappa shape index (κ1) is 18.9.